The van der Waals surface area contributed by atoms with Gasteiger partial charge in [0, 0.05) is 11.1 Å². The summed E-state index contributed by atoms with van der Waals surface area (Å²) in [5.41, 5.74) is 4.71. The van der Waals surface area contributed by atoms with E-state index in [-0.39, 0.29) is 50.2 Å². The number of rotatable bonds is 4. The van der Waals surface area contributed by atoms with Crippen LogP contribution in [-0.2, 0) is 6.42 Å². The lowest BCUT2D eigenvalue weighted by atomic mass is 9.98. The Morgan fingerprint density at radius 3 is 0.800 bits per heavy atom. The molecule has 4 aromatic rings. The van der Waals surface area contributed by atoms with Crippen LogP contribution in [0.25, 0.3) is 22.3 Å². The largest absolute Gasteiger partial charge is 0.0819 e. The Balaban J connectivity index is 1.60. The summed E-state index contributed by atoms with van der Waals surface area (Å²) in [6.45, 7) is 0. The minimum atomic E-state index is 0.123. The van der Waals surface area contributed by atoms with Crippen LogP contribution in [0.5, 0.6) is 0 Å². The van der Waals surface area contributed by atoms with Crippen molar-refractivity contribution in [2.45, 2.75) is 6.42 Å². The molecule has 0 radical (unpaired) electrons. The Labute approximate surface area is 252 Å². The molecule has 0 bridgehead atoms. The fourth-order valence-corrected chi connectivity index (χ4v) is 6.24. The second-order valence-electron chi connectivity index (χ2n) is 7.46. The summed E-state index contributed by atoms with van der Waals surface area (Å²) in [7, 11) is 0. The average Bonchev–Trinajstić information content (AvgIpc) is 2.86. The van der Waals surface area contributed by atoms with E-state index in [1.165, 1.54) is 0 Å². The molecule has 35 heavy (non-hydrogen) atoms. The summed E-state index contributed by atoms with van der Waals surface area (Å²) in [4.78, 5) is 0. The third kappa shape index (κ3) is 5.36. The number of hydrogen-bond acceptors (Lipinski definition) is 0. The highest BCUT2D eigenvalue weighted by molar-refractivity contribution is 6.57. The molecule has 0 aliphatic heterocycles. The molecule has 0 saturated heterocycles. The summed E-state index contributed by atoms with van der Waals surface area (Å²) >= 11 is 62.6. The number of hydrogen-bond donors (Lipinski definition) is 0. The van der Waals surface area contributed by atoms with Crippen LogP contribution in [-0.4, -0.2) is 0 Å². The van der Waals surface area contributed by atoms with E-state index < -0.39 is 0 Å². The zero-order valence-electron chi connectivity index (χ0n) is 17.1. The molecular formula is C25H10Cl10. The zero-order valence-corrected chi connectivity index (χ0v) is 24.7. The van der Waals surface area contributed by atoms with Crippen LogP contribution < -0.4 is 0 Å². The van der Waals surface area contributed by atoms with Gasteiger partial charge in [0.25, 0.3) is 0 Å². The van der Waals surface area contributed by atoms with Crippen molar-refractivity contribution in [2.75, 3.05) is 0 Å². The lowest BCUT2D eigenvalue weighted by molar-refractivity contribution is 1.19. The van der Waals surface area contributed by atoms with E-state index in [1.54, 1.807) is 0 Å². The smallest absolute Gasteiger partial charge is 0.0809 e. The van der Waals surface area contributed by atoms with Gasteiger partial charge in [0.15, 0.2) is 0 Å². The fourth-order valence-electron chi connectivity index (χ4n) is 3.53. The maximum Gasteiger partial charge on any atom is 0.0809 e. The Morgan fingerprint density at radius 1 is 0.314 bits per heavy atom. The average molecular weight is 665 g/mol. The van der Waals surface area contributed by atoms with Crippen molar-refractivity contribution >= 4 is 116 Å². The minimum absolute atomic E-state index is 0.123. The van der Waals surface area contributed by atoms with Crippen LogP contribution in [0.15, 0.2) is 48.5 Å². The summed E-state index contributed by atoms with van der Waals surface area (Å²) in [5, 5.41) is 1.86. The summed E-state index contributed by atoms with van der Waals surface area (Å²) < 4.78 is 0. The maximum atomic E-state index is 6.39. The van der Waals surface area contributed by atoms with Crippen LogP contribution in [0.1, 0.15) is 11.1 Å². The van der Waals surface area contributed by atoms with Gasteiger partial charge in [-0.2, -0.15) is 0 Å². The molecule has 0 aliphatic rings. The molecule has 0 fully saturated rings. The quantitative estimate of drug-likeness (QED) is 0.150. The minimum Gasteiger partial charge on any atom is -0.0819 e. The normalized spacial score (nSPS) is 11.3. The first-order chi connectivity index (χ1) is 16.5. The lowest BCUT2D eigenvalue weighted by Gasteiger charge is -2.14. The molecule has 0 aromatic heterocycles. The maximum absolute atomic E-state index is 6.39. The highest BCUT2D eigenvalue weighted by atomic mass is 35.5. The van der Waals surface area contributed by atoms with Gasteiger partial charge in [-0.05, 0) is 28.7 Å². The van der Waals surface area contributed by atoms with Gasteiger partial charge in [-0.15, -0.1) is 0 Å². The van der Waals surface area contributed by atoms with Crippen molar-refractivity contribution in [2.24, 2.45) is 0 Å². The van der Waals surface area contributed by atoms with E-state index in [0.29, 0.717) is 17.5 Å². The predicted molar refractivity (Wildman–Crippen MR) is 157 cm³/mol. The van der Waals surface area contributed by atoms with E-state index in [0.717, 1.165) is 22.3 Å². The van der Waals surface area contributed by atoms with E-state index in [4.69, 9.17) is 116 Å². The van der Waals surface area contributed by atoms with Crippen LogP contribution in [0.2, 0.25) is 50.2 Å². The number of benzene rings is 4. The SMILES string of the molecule is Clc1c(Cl)c(Cl)c(-c2ccc(Cc3ccc(-c4c(Cl)c(Cl)c(Cl)c(Cl)c4Cl)cc3)cc2)c(Cl)c1Cl. The molecule has 4 rings (SSSR count). The fraction of sp³-hybridized carbons (Fsp3) is 0.0400. The monoisotopic (exact) mass is 660 g/mol. The van der Waals surface area contributed by atoms with Crippen molar-refractivity contribution in [1.29, 1.82) is 0 Å². The Bertz CT molecular complexity index is 1270. The Hall–Kier alpha value is -0.220. The highest BCUT2D eigenvalue weighted by Gasteiger charge is 2.21. The molecule has 4 aromatic carbocycles. The van der Waals surface area contributed by atoms with Crippen molar-refractivity contribution in [3.63, 3.8) is 0 Å². The van der Waals surface area contributed by atoms with Gasteiger partial charge >= 0.3 is 0 Å². The number of halogens is 10. The molecule has 0 unspecified atom stereocenters. The Morgan fingerprint density at radius 2 is 0.543 bits per heavy atom. The molecular weight excluding hydrogens is 655 g/mol. The zero-order chi connectivity index (χ0) is 25.6. The Kier molecular flexibility index (Phi) is 8.94. The molecule has 0 saturated carbocycles. The first-order valence-corrected chi connectivity index (χ1v) is 13.5. The van der Waals surface area contributed by atoms with Gasteiger partial charge in [0.2, 0.25) is 0 Å². The van der Waals surface area contributed by atoms with Crippen LogP contribution in [0, 0.1) is 0 Å². The topological polar surface area (TPSA) is 0 Å². The molecule has 0 atom stereocenters. The molecule has 180 valence electrons. The summed E-state index contributed by atoms with van der Waals surface area (Å²) in [6, 6.07) is 15.5. The van der Waals surface area contributed by atoms with Gasteiger partial charge in [-0.25, -0.2) is 0 Å². The van der Waals surface area contributed by atoms with Crippen molar-refractivity contribution in [3.05, 3.63) is 110 Å². The highest BCUT2D eigenvalue weighted by Crippen LogP contribution is 2.49. The van der Waals surface area contributed by atoms with Gasteiger partial charge in [0.1, 0.15) is 0 Å². The second kappa shape index (κ2) is 11.3. The molecule has 0 amide bonds. The first-order valence-electron chi connectivity index (χ1n) is 9.74. The first kappa shape index (κ1) is 27.8. The summed E-state index contributed by atoms with van der Waals surface area (Å²) in [5.74, 6) is 0. The van der Waals surface area contributed by atoms with Gasteiger partial charge < -0.3 is 0 Å². The van der Waals surface area contributed by atoms with Gasteiger partial charge in [0.05, 0.1) is 50.2 Å². The van der Waals surface area contributed by atoms with E-state index in [9.17, 15) is 0 Å². The van der Waals surface area contributed by atoms with Gasteiger partial charge in [-0.1, -0.05) is 165 Å². The predicted octanol–water partition coefficient (Wildman–Crippen LogP) is 13.1. The molecule has 0 spiro atoms. The van der Waals surface area contributed by atoms with E-state index >= 15 is 0 Å². The molecule has 0 heterocycles. The van der Waals surface area contributed by atoms with Crippen molar-refractivity contribution < 1.29 is 0 Å². The molecule has 0 aliphatic carbocycles. The second-order valence-corrected chi connectivity index (χ2v) is 11.2. The third-order valence-corrected chi connectivity index (χ3v) is 9.87. The van der Waals surface area contributed by atoms with Crippen LogP contribution >= 0.6 is 116 Å². The standard InChI is InChI=1S/C25H10Cl10/c26-16-14(17(27)21(31)24(34)20(16)30)12-5-1-10(2-6-12)9-11-3-7-13(8-4-11)15-18(28)22(32)25(35)23(33)19(15)29/h1-8H,9H2. The molecule has 10 heteroatoms. The third-order valence-electron chi connectivity index (χ3n) is 5.31. The summed E-state index contributed by atoms with van der Waals surface area (Å²) in [6.07, 6.45) is 0.674. The van der Waals surface area contributed by atoms with Crippen LogP contribution in [0.3, 0.4) is 0 Å². The molecule has 0 nitrogen and oxygen atoms in total. The van der Waals surface area contributed by atoms with Crippen LogP contribution in [0.4, 0.5) is 0 Å². The van der Waals surface area contributed by atoms with Crippen molar-refractivity contribution in [1.82, 2.24) is 0 Å². The van der Waals surface area contributed by atoms with E-state index in [1.807, 2.05) is 48.5 Å². The molecule has 0 N–H and O–H groups in total. The van der Waals surface area contributed by atoms with Gasteiger partial charge in [-0.3, -0.25) is 0 Å². The van der Waals surface area contributed by atoms with Crippen molar-refractivity contribution in [3.8, 4) is 22.3 Å². The lowest BCUT2D eigenvalue weighted by Crippen LogP contribution is -1.91. The van der Waals surface area contributed by atoms with E-state index in [2.05, 4.69) is 0 Å².